The molecule has 4 aromatic rings. The lowest BCUT2D eigenvalue weighted by Crippen LogP contribution is -2.06. The maximum absolute atomic E-state index is 11.8. The van der Waals surface area contributed by atoms with Crippen molar-refractivity contribution in [1.82, 2.24) is 4.98 Å². The van der Waals surface area contributed by atoms with Crippen molar-refractivity contribution in [2.45, 2.75) is 32.1 Å². The normalized spacial score (nSPS) is 13.6. The molecule has 0 unspecified atom stereocenters. The average molecular weight is 406 g/mol. The highest BCUT2D eigenvalue weighted by molar-refractivity contribution is 7.19. The molecule has 0 aliphatic heterocycles. The number of rotatable bonds is 4. The van der Waals surface area contributed by atoms with Crippen LogP contribution in [0.4, 0.5) is 0 Å². The Morgan fingerprint density at radius 1 is 1.07 bits per heavy atom. The first kappa shape index (κ1) is 17.6. The van der Waals surface area contributed by atoms with Gasteiger partial charge in [-0.3, -0.25) is 4.79 Å². The second-order valence-corrected chi connectivity index (χ2v) is 9.15. The molecule has 3 aromatic heterocycles. The second kappa shape index (κ2) is 7.15. The molecule has 0 atom stereocenters. The summed E-state index contributed by atoms with van der Waals surface area (Å²) in [4.78, 5) is 20.3. The van der Waals surface area contributed by atoms with Crippen molar-refractivity contribution in [3.8, 4) is 21.7 Å². The summed E-state index contributed by atoms with van der Waals surface area (Å²) in [5.41, 5.74) is 5.19. The fourth-order valence-electron chi connectivity index (χ4n) is 4.19. The van der Waals surface area contributed by atoms with Gasteiger partial charge in [-0.2, -0.15) is 0 Å². The Kier molecular flexibility index (Phi) is 4.49. The zero-order valence-electron chi connectivity index (χ0n) is 15.3. The minimum absolute atomic E-state index is 0.0228. The van der Waals surface area contributed by atoms with E-state index in [0.717, 1.165) is 44.9 Å². The number of hydrogen-bond acceptors (Lipinski definition) is 4. The van der Waals surface area contributed by atoms with Crippen LogP contribution in [0.1, 0.15) is 28.8 Å². The number of pyridine rings is 1. The Hall–Kier alpha value is -2.50. The molecule has 0 bridgehead atoms. The first-order valence-electron chi connectivity index (χ1n) is 9.50. The maximum Gasteiger partial charge on any atom is 0.307 e. The lowest BCUT2D eigenvalue weighted by Gasteiger charge is -2.17. The molecule has 0 fully saturated rings. The standard InChI is InChI=1S/C23H19NO2S2/c25-19(26)13-16-20(14-7-2-1-3-8-14)21-15-9-4-5-10-17(15)28-23(21)24-22(16)18-11-6-12-27-18/h1-3,6-8,11-12H,4-5,9-10,13H2,(H,25,26). The minimum atomic E-state index is -0.819. The van der Waals surface area contributed by atoms with Crippen molar-refractivity contribution in [3.63, 3.8) is 0 Å². The molecule has 1 aromatic carbocycles. The smallest absolute Gasteiger partial charge is 0.307 e. The Labute approximate surface area is 171 Å². The van der Waals surface area contributed by atoms with Gasteiger partial charge in [0.2, 0.25) is 0 Å². The van der Waals surface area contributed by atoms with Gasteiger partial charge in [-0.15, -0.1) is 22.7 Å². The molecule has 0 radical (unpaired) electrons. The fourth-order valence-corrected chi connectivity index (χ4v) is 6.20. The summed E-state index contributed by atoms with van der Waals surface area (Å²) >= 11 is 3.41. The molecule has 28 heavy (non-hydrogen) atoms. The van der Waals surface area contributed by atoms with Gasteiger partial charge in [0.1, 0.15) is 4.83 Å². The Morgan fingerprint density at radius 3 is 2.64 bits per heavy atom. The molecular weight excluding hydrogens is 386 g/mol. The summed E-state index contributed by atoms with van der Waals surface area (Å²) in [5, 5.41) is 12.9. The van der Waals surface area contributed by atoms with E-state index in [-0.39, 0.29) is 6.42 Å². The summed E-state index contributed by atoms with van der Waals surface area (Å²) in [6, 6.07) is 14.3. The van der Waals surface area contributed by atoms with E-state index in [1.807, 2.05) is 35.7 Å². The SMILES string of the molecule is O=C(O)Cc1c(-c2cccs2)nc2sc3c(c2c1-c1ccccc1)CCCC3. The topological polar surface area (TPSA) is 50.2 Å². The lowest BCUT2D eigenvalue weighted by atomic mass is 9.88. The highest BCUT2D eigenvalue weighted by Gasteiger charge is 2.26. The number of carbonyl (C=O) groups is 1. The Balaban J connectivity index is 1.92. The summed E-state index contributed by atoms with van der Waals surface area (Å²) < 4.78 is 0. The third-order valence-corrected chi connectivity index (χ3v) is 7.41. The fraction of sp³-hybridized carbons (Fsp3) is 0.217. The lowest BCUT2D eigenvalue weighted by molar-refractivity contribution is -0.136. The number of hydrogen-bond donors (Lipinski definition) is 1. The van der Waals surface area contributed by atoms with E-state index in [9.17, 15) is 9.90 Å². The quantitative estimate of drug-likeness (QED) is 0.440. The van der Waals surface area contributed by atoms with E-state index in [2.05, 4.69) is 12.1 Å². The van der Waals surface area contributed by atoms with E-state index in [4.69, 9.17) is 4.98 Å². The summed E-state index contributed by atoms with van der Waals surface area (Å²) in [6.45, 7) is 0. The molecule has 3 nitrogen and oxygen atoms in total. The molecule has 5 heteroatoms. The van der Waals surface area contributed by atoms with Gasteiger partial charge < -0.3 is 5.11 Å². The van der Waals surface area contributed by atoms with Crippen LogP contribution in [0.2, 0.25) is 0 Å². The molecule has 5 rings (SSSR count). The Bertz CT molecular complexity index is 1160. The number of benzene rings is 1. The molecule has 0 spiro atoms. The maximum atomic E-state index is 11.8. The largest absolute Gasteiger partial charge is 0.481 e. The summed E-state index contributed by atoms with van der Waals surface area (Å²) in [6.07, 6.45) is 4.55. The average Bonchev–Trinajstić information content (AvgIpc) is 3.35. The van der Waals surface area contributed by atoms with Crippen molar-refractivity contribution in [1.29, 1.82) is 0 Å². The number of nitrogens with zero attached hydrogens (tertiary/aromatic N) is 1. The molecule has 1 aliphatic carbocycles. The number of aryl methyl sites for hydroxylation is 2. The van der Waals surface area contributed by atoms with Gasteiger partial charge in [-0.25, -0.2) is 4.98 Å². The van der Waals surface area contributed by atoms with Crippen LogP contribution in [0.15, 0.2) is 47.8 Å². The van der Waals surface area contributed by atoms with Crippen LogP contribution in [0.5, 0.6) is 0 Å². The van der Waals surface area contributed by atoms with Gasteiger partial charge in [0, 0.05) is 10.3 Å². The van der Waals surface area contributed by atoms with E-state index < -0.39 is 5.97 Å². The van der Waals surface area contributed by atoms with Gasteiger partial charge in [-0.1, -0.05) is 36.4 Å². The van der Waals surface area contributed by atoms with Crippen molar-refractivity contribution >= 4 is 38.9 Å². The molecule has 1 aliphatic rings. The van der Waals surface area contributed by atoms with Crippen molar-refractivity contribution in [2.24, 2.45) is 0 Å². The van der Waals surface area contributed by atoms with Crippen LogP contribution in [0.3, 0.4) is 0 Å². The monoisotopic (exact) mass is 405 g/mol. The summed E-state index contributed by atoms with van der Waals surface area (Å²) in [7, 11) is 0. The third-order valence-electron chi connectivity index (χ3n) is 5.35. The van der Waals surface area contributed by atoms with Crippen LogP contribution in [-0.4, -0.2) is 16.1 Å². The van der Waals surface area contributed by atoms with Gasteiger partial charge in [0.05, 0.1) is 17.0 Å². The number of fused-ring (bicyclic) bond motifs is 3. The second-order valence-electron chi connectivity index (χ2n) is 7.12. The van der Waals surface area contributed by atoms with Gasteiger partial charge >= 0.3 is 5.97 Å². The van der Waals surface area contributed by atoms with Gasteiger partial charge in [-0.05, 0) is 59.4 Å². The number of carboxylic acids is 1. The van der Waals surface area contributed by atoms with E-state index >= 15 is 0 Å². The molecule has 0 saturated carbocycles. The van der Waals surface area contributed by atoms with Crippen LogP contribution in [0, 0.1) is 0 Å². The van der Waals surface area contributed by atoms with E-state index in [0.29, 0.717) is 0 Å². The zero-order valence-corrected chi connectivity index (χ0v) is 16.9. The highest BCUT2D eigenvalue weighted by atomic mass is 32.1. The molecule has 0 amide bonds. The predicted molar refractivity (Wildman–Crippen MR) is 116 cm³/mol. The Morgan fingerprint density at radius 2 is 1.89 bits per heavy atom. The van der Waals surface area contributed by atoms with Gasteiger partial charge in [0.15, 0.2) is 0 Å². The molecule has 140 valence electrons. The number of thiophene rings is 2. The number of aliphatic carboxylic acids is 1. The number of aromatic nitrogens is 1. The van der Waals surface area contributed by atoms with Crippen molar-refractivity contribution < 1.29 is 9.90 Å². The van der Waals surface area contributed by atoms with Crippen LogP contribution in [0.25, 0.3) is 31.9 Å². The van der Waals surface area contributed by atoms with Crippen LogP contribution < -0.4 is 0 Å². The first-order chi connectivity index (χ1) is 13.7. The number of carboxylic acid groups (broad SMARTS) is 1. The van der Waals surface area contributed by atoms with Crippen molar-refractivity contribution in [3.05, 3.63) is 63.8 Å². The predicted octanol–water partition coefficient (Wildman–Crippen LogP) is 6.20. The van der Waals surface area contributed by atoms with Crippen LogP contribution in [-0.2, 0) is 24.1 Å². The minimum Gasteiger partial charge on any atom is -0.481 e. The van der Waals surface area contributed by atoms with Crippen molar-refractivity contribution in [2.75, 3.05) is 0 Å². The first-order valence-corrected chi connectivity index (χ1v) is 11.2. The third kappa shape index (κ3) is 2.95. The van der Waals surface area contributed by atoms with Gasteiger partial charge in [0.25, 0.3) is 0 Å². The van der Waals surface area contributed by atoms with E-state index in [1.165, 1.54) is 28.7 Å². The molecular formula is C23H19NO2S2. The molecule has 1 N–H and O–H groups in total. The zero-order chi connectivity index (χ0) is 19.1. The molecule has 3 heterocycles. The highest BCUT2D eigenvalue weighted by Crippen LogP contribution is 2.45. The summed E-state index contributed by atoms with van der Waals surface area (Å²) in [5.74, 6) is -0.819. The molecule has 0 saturated heterocycles. The van der Waals surface area contributed by atoms with E-state index in [1.54, 1.807) is 22.7 Å². The van der Waals surface area contributed by atoms with Crippen LogP contribution >= 0.6 is 22.7 Å².